The zero-order chi connectivity index (χ0) is 17.9. The molecule has 0 rings (SSSR count). The zero-order valence-electron chi connectivity index (χ0n) is 14.7. The molecule has 0 heterocycles. The first-order valence-electron chi connectivity index (χ1n) is 7.87. The molecule has 0 aliphatic rings. The van der Waals surface area contributed by atoms with E-state index in [0.29, 0.717) is 12.8 Å². The van der Waals surface area contributed by atoms with Crippen molar-refractivity contribution in [1.29, 1.82) is 0 Å². The molecule has 0 amide bonds. The van der Waals surface area contributed by atoms with E-state index in [2.05, 4.69) is 0 Å². The minimum atomic E-state index is -5.15. The molecule has 0 saturated carbocycles. The molecule has 0 aromatic carbocycles. The van der Waals surface area contributed by atoms with Crippen molar-refractivity contribution in [3.8, 4) is 0 Å². The first kappa shape index (κ1) is 22.6. The first-order valence-corrected chi connectivity index (χ1v) is 12.5. The molecule has 23 heavy (non-hydrogen) atoms. The molecule has 0 spiro atoms. The fourth-order valence-electron chi connectivity index (χ4n) is 1.20. The van der Waals surface area contributed by atoms with E-state index in [1.165, 1.54) is 0 Å². The van der Waals surface area contributed by atoms with Gasteiger partial charge in [-0.3, -0.25) is 0 Å². The molecule has 0 saturated heterocycles. The molecule has 0 bridgehead atoms. The summed E-state index contributed by atoms with van der Waals surface area (Å²) in [6.45, 7) is 10.5. The van der Waals surface area contributed by atoms with Crippen LogP contribution in [0.15, 0.2) is 0 Å². The van der Waals surface area contributed by atoms with Crippen molar-refractivity contribution in [1.82, 2.24) is 0 Å². The van der Waals surface area contributed by atoms with Crippen LogP contribution in [0.3, 0.4) is 0 Å². The molecule has 8 nitrogen and oxygen atoms in total. The SMILES string of the molecule is CCCC(=O)[O][Sn]([O]OC(C)C)([O]OC(C)C)[O]C(=O)CCC. The van der Waals surface area contributed by atoms with Crippen LogP contribution in [0.25, 0.3) is 0 Å². The number of hydrogen-bond donors (Lipinski definition) is 0. The summed E-state index contributed by atoms with van der Waals surface area (Å²) >= 11 is -5.15. The van der Waals surface area contributed by atoms with E-state index in [0.717, 1.165) is 0 Å². The summed E-state index contributed by atoms with van der Waals surface area (Å²) in [5, 5.41) is 0. The van der Waals surface area contributed by atoms with Crippen LogP contribution in [0, 0.1) is 0 Å². The molecule has 0 fully saturated rings. The van der Waals surface area contributed by atoms with Crippen LogP contribution in [0.2, 0.25) is 0 Å². The standard InChI is InChI=1S/2C4H8O2.2C3H8O2.Sn/c2*1-2-3-4(5)6;2*1-3(2)5-4;/h2*2-3H2,1H3,(H,5,6);2*3-4H,1-2H3;/q;;;;+4/p-4. The zero-order valence-corrected chi connectivity index (χ0v) is 17.6. The molecule has 136 valence electrons. The molecule has 0 radical (unpaired) electrons. The number of carbonyl (C=O) groups excluding carboxylic acids is 2. The van der Waals surface area contributed by atoms with E-state index in [9.17, 15) is 9.59 Å². The van der Waals surface area contributed by atoms with E-state index in [1.54, 1.807) is 27.7 Å². The molecule has 0 atom stereocenters. The van der Waals surface area contributed by atoms with Crippen molar-refractivity contribution in [2.24, 2.45) is 0 Å². The third kappa shape index (κ3) is 10.9. The van der Waals surface area contributed by atoms with Gasteiger partial charge in [-0.2, -0.15) is 0 Å². The van der Waals surface area contributed by atoms with Gasteiger partial charge in [0.1, 0.15) is 0 Å². The molecular weight excluding hydrogens is 415 g/mol. The fraction of sp³-hybridized carbons (Fsp3) is 0.857. The Hall–Kier alpha value is -0.421. The summed E-state index contributed by atoms with van der Waals surface area (Å²) < 4.78 is 20.8. The van der Waals surface area contributed by atoms with Gasteiger partial charge in [0, 0.05) is 0 Å². The molecule has 0 aromatic rings. The number of hydrogen-bond acceptors (Lipinski definition) is 8. The summed E-state index contributed by atoms with van der Waals surface area (Å²) in [6.07, 6.45) is 0.728. The summed E-state index contributed by atoms with van der Waals surface area (Å²) in [4.78, 5) is 33.8. The van der Waals surface area contributed by atoms with Crippen LogP contribution in [-0.4, -0.2) is 44.2 Å². The van der Waals surface area contributed by atoms with Gasteiger partial charge in [0.05, 0.1) is 0 Å². The third-order valence-corrected chi connectivity index (χ3v) is 6.51. The predicted molar refractivity (Wildman–Crippen MR) is 82.4 cm³/mol. The second-order valence-corrected chi connectivity index (χ2v) is 10.4. The van der Waals surface area contributed by atoms with Crippen LogP contribution in [0.1, 0.15) is 67.2 Å². The van der Waals surface area contributed by atoms with Gasteiger partial charge in [-0.15, -0.1) is 0 Å². The minimum absolute atomic E-state index is 0.139. The van der Waals surface area contributed by atoms with Crippen LogP contribution in [0.4, 0.5) is 0 Å². The van der Waals surface area contributed by atoms with E-state index >= 15 is 0 Å². The Morgan fingerprint density at radius 2 is 1.13 bits per heavy atom. The Morgan fingerprint density at radius 1 is 0.783 bits per heavy atom. The van der Waals surface area contributed by atoms with Gasteiger partial charge < -0.3 is 0 Å². The van der Waals surface area contributed by atoms with E-state index in [-0.39, 0.29) is 25.0 Å². The molecule has 0 aliphatic heterocycles. The van der Waals surface area contributed by atoms with Gasteiger partial charge in [0.2, 0.25) is 0 Å². The van der Waals surface area contributed by atoms with Gasteiger partial charge in [-0.05, 0) is 0 Å². The maximum absolute atomic E-state index is 11.9. The number of rotatable bonds is 12. The van der Waals surface area contributed by atoms with Crippen molar-refractivity contribution in [2.45, 2.75) is 79.4 Å². The van der Waals surface area contributed by atoms with Gasteiger partial charge in [-0.1, -0.05) is 0 Å². The van der Waals surface area contributed by atoms with E-state index in [1.807, 2.05) is 13.8 Å². The average Bonchev–Trinajstić information content (AvgIpc) is 2.43. The molecular formula is C14H28O8Sn. The van der Waals surface area contributed by atoms with Crippen LogP contribution in [0.5, 0.6) is 0 Å². The van der Waals surface area contributed by atoms with Crippen molar-refractivity contribution in [2.75, 3.05) is 0 Å². The van der Waals surface area contributed by atoms with Crippen LogP contribution in [-0.2, 0) is 32.0 Å². The monoisotopic (exact) mass is 444 g/mol. The summed E-state index contributed by atoms with van der Waals surface area (Å²) in [7, 11) is 0. The maximum atomic E-state index is 11.9. The first-order chi connectivity index (χ1) is 10.7. The predicted octanol–water partition coefficient (Wildman–Crippen LogP) is 2.82. The van der Waals surface area contributed by atoms with Crippen LogP contribution >= 0.6 is 0 Å². The van der Waals surface area contributed by atoms with Crippen molar-refractivity contribution in [3.05, 3.63) is 0 Å². The Bertz CT molecular complexity index is 325. The van der Waals surface area contributed by atoms with Gasteiger partial charge >= 0.3 is 143 Å². The van der Waals surface area contributed by atoms with Gasteiger partial charge in [0.25, 0.3) is 0 Å². The van der Waals surface area contributed by atoms with Crippen LogP contribution < -0.4 is 0 Å². The summed E-state index contributed by atoms with van der Waals surface area (Å²) in [6, 6.07) is 0. The Kier molecular flexibility index (Phi) is 11.8. The van der Waals surface area contributed by atoms with Crippen molar-refractivity contribution < 1.29 is 32.0 Å². The second kappa shape index (κ2) is 12.0. The van der Waals surface area contributed by atoms with Gasteiger partial charge in [0.15, 0.2) is 0 Å². The average molecular weight is 443 g/mol. The summed E-state index contributed by atoms with van der Waals surface area (Å²) in [5.74, 6) is -1.18. The van der Waals surface area contributed by atoms with Crippen molar-refractivity contribution in [3.63, 3.8) is 0 Å². The summed E-state index contributed by atoms with van der Waals surface area (Å²) in [5.41, 5.74) is 0. The van der Waals surface area contributed by atoms with Crippen molar-refractivity contribution >= 4 is 32.0 Å². The number of carbonyl (C=O) groups is 2. The third-order valence-electron chi connectivity index (χ3n) is 2.07. The molecule has 0 aliphatic carbocycles. The quantitative estimate of drug-likeness (QED) is 0.259. The van der Waals surface area contributed by atoms with Gasteiger partial charge in [-0.25, -0.2) is 0 Å². The Morgan fingerprint density at radius 3 is 1.39 bits per heavy atom. The van der Waals surface area contributed by atoms with E-state index in [4.69, 9.17) is 22.4 Å². The topological polar surface area (TPSA) is 89.5 Å². The normalized spacial score (nSPS) is 11.8. The Balaban J connectivity index is 5.21. The molecule has 0 unspecified atom stereocenters. The Labute approximate surface area is 143 Å². The second-order valence-electron chi connectivity index (χ2n) is 5.40. The van der Waals surface area contributed by atoms with E-state index < -0.39 is 32.0 Å². The molecule has 0 aromatic heterocycles. The molecule has 9 heteroatoms. The fourth-order valence-corrected chi connectivity index (χ4v) is 5.73. The molecule has 0 N–H and O–H groups in total.